The number of hydrogen-bond donors (Lipinski definition) is 0. The number of carbonyl (C=O) groups is 1. The minimum Gasteiger partial charge on any atom is -0.399 e. The van der Waals surface area contributed by atoms with Gasteiger partial charge in [-0.2, -0.15) is 0 Å². The van der Waals surface area contributed by atoms with Crippen molar-refractivity contribution in [1.29, 1.82) is 0 Å². The highest BCUT2D eigenvalue weighted by Gasteiger charge is 2.26. The van der Waals surface area contributed by atoms with Crippen molar-refractivity contribution in [2.45, 2.75) is 66.2 Å². The van der Waals surface area contributed by atoms with Gasteiger partial charge in [0, 0.05) is 35.5 Å². The molecule has 2 heterocycles. The molecule has 0 aromatic carbocycles. The van der Waals surface area contributed by atoms with Gasteiger partial charge in [-0.25, -0.2) is 0 Å². The Morgan fingerprint density at radius 1 is 0.750 bits per heavy atom. The normalized spacial score (nSPS) is 24.2. The van der Waals surface area contributed by atoms with E-state index in [2.05, 4.69) is 32.9 Å². The van der Waals surface area contributed by atoms with Crippen LogP contribution in [0.1, 0.15) is 66.2 Å². The maximum atomic E-state index is 11.7. The fourth-order valence-corrected chi connectivity index (χ4v) is 6.49. The predicted molar refractivity (Wildman–Crippen MR) is 123 cm³/mol. The number of nitrogens with zero attached hydrogens (tertiary/aromatic N) is 1. The van der Waals surface area contributed by atoms with Crippen LogP contribution in [0.4, 0.5) is 0 Å². The maximum Gasteiger partial charge on any atom is 0.164 e. The Morgan fingerprint density at radius 2 is 1.29 bits per heavy atom. The summed E-state index contributed by atoms with van der Waals surface area (Å²) in [5, 5.41) is 4.16. The summed E-state index contributed by atoms with van der Waals surface area (Å²) in [6.45, 7) is 8.67. The second kappa shape index (κ2) is 9.53. The molecular formula is C23H31NO2S2. The summed E-state index contributed by atoms with van der Waals surface area (Å²) < 4.78 is 0. The molecule has 0 aromatic rings. The number of allylic oxidation sites excluding steroid dienone is 8. The molecule has 3 nitrogen and oxygen atoms in total. The molecule has 0 N–H and O–H groups in total. The Morgan fingerprint density at radius 3 is 1.89 bits per heavy atom. The second-order valence-electron chi connectivity index (χ2n) is 7.75. The van der Waals surface area contributed by atoms with Crippen molar-refractivity contribution in [2.24, 2.45) is 5.16 Å². The van der Waals surface area contributed by atoms with Crippen molar-refractivity contribution in [2.75, 3.05) is 18.6 Å². The first-order valence-electron chi connectivity index (χ1n) is 10.1. The first-order valence-corrected chi connectivity index (χ1v) is 12.1. The molecule has 5 heteroatoms. The van der Waals surface area contributed by atoms with Crippen molar-refractivity contribution in [3.05, 3.63) is 43.2 Å². The van der Waals surface area contributed by atoms with Gasteiger partial charge in [0.1, 0.15) is 7.11 Å². The lowest BCUT2D eigenvalue weighted by Gasteiger charge is -2.27. The van der Waals surface area contributed by atoms with Gasteiger partial charge in [0.2, 0.25) is 0 Å². The van der Waals surface area contributed by atoms with Crippen LogP contribution in [0, 0.1) is 0 Å². The van der Waals surface area contributed by atoms with Crippen LogP contribution in [0.15, 0.2) is 48.4 Å². The quantitative estimate of drug-likeness (QED) is 0.451. The summed E-state index contributed by atoms with van der Waals surface area (Å²) in [5.74, 6) is 2.50. The van der Waals surface area contributed by atoms with Crippen molar-refractivity contribution in [3.63, 3.8) is 0 Å². The topological polar surface area (TPSA) is 38.7 Å². The second-order valence-corrected chi connectivity index (χ2v) is 10.1. The summed E-state index contributed by atoms with van der Waals surface area (Å²) in [6.07, 6.45) is 6.39. The third-order valence-corrected chi connectivity index (χ3v) is 8.36. The van der Waals surface area contributed by atoms with E-state index in [1.807, 2.05) is 23.5 Å². The van der Waals surface area contributed by atoms with Crippen LogP contribution in [0.2, 0.25) is 0 Å². The zero-order chi connectivity index (χ0) is 20.3. The van der Waals surface area contributed by atoms with Crippen LogP contribution in [-0.2, 0) is 9.63 Å². The van der Waals surface area contributed by atoms with Crippen LogP contribution in [0.3, 0.4) is 0 Å². The van der Waals surface area contributed by atoms with E-state index >= 15 is 0 Å². The molecule has 2 aliphatic carbocycles. The summed E-state index contributed by atoms with van der Waals surface area (Å²) >= 11 is 3.87. The fourth-order valence-electron chi connectivity index (χ4n) is 4.09. The monoisotopic (exact) mass is 417 g/mol. The minimum atomic E-state index is 0.366. The molecule has 0 radical (unpaired) electrons. The molecular weight excluding hydrogens is 386 g/mol. The van der Waals surface area contributed by atoms with Gasteiger partial charge >= 0.3 is 0 Å². The number of rotatable bonds is 1. The molecule has 0 unspecified atom stereocenters. The zero-order valence-electron chi connectivity index (χ0n) is 17.7. The maximum absolute atomic E-state index is 11.7. The summed E-state index contributed by atoms with van der Waals surface area (Å²) in [7, 11) is 1.63. The van der Waals surface area contributed by atoms with Crippen molar-refractivity contribution in [1.82, 2.24) is 0 Å². The Hall–Kier alpha value is -1.20. The molecule has 4 aliphatic rings. The molecule has 0 saturated heterocycles. The average molecular weight is 418 g/mol. The molecule has 28 heavy (non-hydrogen) atoms. The van der Waals surface area contributed by atoms with Crippen LogP contribution >= 0.6 is 23.5 Å². The van der Waals surface area contributed by atoms with Crippen LogP contribution in [-0.4, -0.2) is 30.1 Å². The Labute approximate surface area is 177 Å². The molecule has 152 valence electrons. The summed E-state index contributed by atoms with van der Waals surface area (Å²) in [4.78, 5) is 19.5. The van der Waals surface area contributed by atoms with E-state index in [0.717, 1.165) is 48.5 Å². The molecule has 0 fully saturated rings. The van der Waals surface area contributed by atoms with Crippen LogP contribution < -0.4 is 0 Å². The number of oxime groups is 1. The van der Waals surface area contributed by atoms with Gasteiger partial charge in [-0.3, -0.25) is 4.79 Å². The van der Waals surface area contributed by atoms with E-state index < -0.39 is 0 Å². The number of ketones is 1. The number of Topliss-reactive ketones (excluding diaryl/α,β-unsaturated/α-hetero) is 1. The average Bonchev–Trinajstić information content (AvgIpc) is 2.69. The first-order chi connectivity index (χ1) is 13.4. The highest BCUT2D eigenvalue weighted by atomic mass is 32.2. The molecule has 0 aromatic heterocycles. The van der Waals surface area contributed by atoms with Gasteiger partial charge in [-0.15, -0.1) is 23.5 Å². The van der Waals surface area contributed by atoms with E-state index in [1.54, 1.807) is 7.11 Å². The van der Waals surface area contributed by atoms with E-state index in [0.29, 0.717) is 5.78 Å². The number of hydrogen-bond acceptors (Lipinski definition) is 5. The largest absolute Gasteiger partial charge is 0.399 e. The van der Waals surface area contributed by atoms with Crippen molar-refractivity contribution < 1.29 is 9.63 Å². The van der Waals surface area contributed by atoms with Crippen LogP contribution in [0.5, 0.6) is 0 Å². The molecule has 2 aliphatic heterocycles. The Balaban J connectivity index is 0.000000162. The van der Waals surface area contributed by atoms with Gasteiger partial charge in [-0.1, -0.05) is 16.3 Å². The fraction of sp³-hybridized carbons (Fsp3) is 0.565. The lowest BCUT2D eigenvalue weighted by Crippen LogP contribution is -2.16. The van der Waals surface area contributed by atoms with Crippen molar-refractivity contribution in [3.8, 4) is 0 Å². The first kappa shape index (κ1) is 21.5. The third-order valence-electron chi connectivity index (χ3n) is 6.03. The Kier molecular flexibility index (Phi) is 7.32. The van der Waals surface area contributed by atoms with Crippen molar-refractivity contribution >= 4 is 35.0 Å². The molecule has 0 amide bonds. The number of carbonyl (C=O) groups excluding carboxylic acids is 1. The van der Waals surface area contributed by atoms with E-state index in [9.17, 15) is 4.79 Å². The molecule has 0 saturated carbocycles. The van der Waals surface area contributed by atoms with Gasteiger partial charge in [0.05, 0.1) is 5.71 Å². The molecule has 4 rings (SSSR count). The van der Waals surface area contributed by atoms with Gasteiger partial charge < -0.3 is 4.84 Å². The molecule has 0 bridgehead atoms. The van der Waals surface area contributed by atoms with Gasteiger partial charge in [-0.05, 0) is 74.3 Å². The third kappa shape index (κ3) is 4.51. The van der Waals surface area contributed by atoms with E-state index in [1.165, 1.54) is 50.5 Å². The SMILES string of the molecule is CC1=C(C)C2=C(CC1)SCCC2=O.CO/N=C1\CCSC2=C1C(C)=C(C)CC2. The standard InChI is InChI=1S/C12H17NOS.C11H14OS/c1-8-4-5-11-12(9(8)2)10(13-14-3)6-7-15-11;1-7-3-4-10-11(8(7)2)9(12)5-6-13-10/h4-7H2,1-3H3;3-6H2,1-2H3/b13-10+;. The van der Waals surface area contributed by atoms with E-state index in [-0.39, 0.29) is 0 Å². The van der Waals surface area contributed by atoms with E-state index in [4.69, 9.17) is 4.84 Å². The van der Waals surface area contributed by atoms with Gasteiger partial charge in [0.25, 0.3) is 0 Å². The molecule has 0 spiro atoms. The zero-order valence-corrected chi connectivity index (χ0v) is 19.4. The summed E-state index contributed by atoms with van der Waals surface area (Å²) in [6, 6.07) is 0. The highest BCUT2D eigenvalue weighted by molar-refractivity contribution is 8.03. The van der Waals surface area contributed by atoms with Gasteiger partial charge in [0.15, 0.2) is 5.78 Å². The Bertz CT molecular complexity index is 828. The smallest absolute Gasteiger partial charge is 0.164 e. The highest BCUT2D eigenvalue weighted by Crippen LogP contribution is 2.41. The predicted octanol–water partition coefficient (Wildman–Crippen LogP) is 6.59. The minimum absolute atomic E-state index is 0.366. The lowest BCUT2D eigenvalue weighted by atomic mass is 9.89. The molecule has 0 atom stereocenters. The van der Waals surface area contributed by atoms with Crippen LogP contribution in [0.25, 0.3) is 0 Å². The number of thioether (sulfide) groups is 2. The summed E-state index contributed by atoms with van der Waals surface area (Å²) in [5.41, 5.74) is 9.13. The lowest BCUT2D eigenvalue weighted by molar-refractivity contribution is -0.115.